The number of hydrogen-bond donors (Lipinski definition) is 1. The number of rotatable bonds is 0. The SMILES string of the molecule is Cl.Cl.O=C1CCCNC1=O. The lowest BCUT2D eigenvalue weighted by Crippen LogP contribution is -2.36. The molecule has 1 aliphatic heterocycles. The minimum Gasteiger partial charge on any atom is -0.349 e. The second-order valence-corrected chi connectivity index (χ2v) is 1.78. The van der Waals surface area contributed by atoms with Crippen molar-refractivity contribution in [2.24, 2.45) is 0 Å². The van der Waals surface area contributed by atoms with E-state index in [1.54, 1.807) is 0 Å². The predicted molar refractivity (Wildman–Crippen MR) is 41.7 cm³/mol. The number of carbonyl (C=O) groups is 2. The van der Waals surface area contributed by atoms with Crippen molar-refractivity contribution >= 4 is 36.5 Å². The van der Waals surface area contributed by atoms with Crippen LogP contribution in [0.3, 0.4) is 0 Å². The summed E-state index contributed by atoms with van der Waals surface area (Å²) in [5, 5.41) is 2.44. The van der Waals surface area contributed by atoms with E-state index in [1.807, 2.05) is 0 Å². The third kappa shape index (κ3) is 3.03. The maximum absolute atomic E-state index is 10.4. The molecule has 1 aliphatic rings. The van der Waals surface area contributed by atoms with Crippen LogP contribution in [0, 0.1) is 0 Å². The molecule has 0 saturated carbocycles. The second kappa shape index (κ2) is 5.50. The van der Waals surface area contributed by atoms with Crippen LogP contribution in [0.1, 0.15) is 12.8 Å². The Morgan fingerprint density at radius 2 is 1.80 bits per heavy atom. The van der Waals surface area contributed by atoms with Crippen molar-refractivity contribution in [3.05, 3.63) is 0 Å². The zero-order valence-corrected chi connectivity index (χ0v) is 6.89. The van der Waals surface area contributed by atoms with Gasteiger partial charge in [0.25, 0.3) is 5.91 Å². The fourth-order valence-electron chi connectivity index (χ4n) is 0.663. The summed E-state index contributed by atoms with van der Waals surface area (Å²) in [6.07, 6.45) is 1.22. The number of nitrogens with one attached hydrogen (secondary N) is 1. The van der Waals surface area contributed by atoms with Gasteiger partial charge in [0.15, 0.2) is 0 Å². The van der Waals surface area contributed by atoms with Crippen molar-refractivity contribution in [3.8, 4) is 0 Å². The Hall–Kier alpha value is -0.280. The Balaban J connectivity index is 0. The van der Waals surface area contributed by atoms with Crippen LogP contribution in [0.15, 0.2) is 0 Å². The standard InChI is InChI=1S/C5H7NO2.2ClH/c7-4-2-1-3-6-5(4)8;;/h1-3H2,(H,6,8);2*1H. The third-order valence-corrected chi connectivity index (χ3v) is 1.12. The van der Waals surface area contributed by atoms with E-state index < -0.39 is 5.91 Å². The second-order valence-electron chi connectivity index (χ2n) is 1.78. The molecule has 0 atom stereocenters. The van der Waals surface area contributed by atoms with Crippen molar-refractivity contribution in [1.29, 1.82) is 0 Å². The summed E-state index contributed by atoms with van der Waals surface area (Å²) in [4.78, 5) is 20.7. The molecule has 1 saturated heterocycles. The molecule has 0 bridgehead atoms. The Morgan fingerprint density at radius 1 is 1.20 bits per heavy atom. The van der Waals surface area contributed by atoms with Gasteiger partial charge in [-0.25, -0.2) is 0 Å². The smallest absolute Gasteiger partial charge is 0.287 e. The van der Waals surface area contributed by atoms with Crippen molar-refractivity contribution in [2.45, 2.75) is 12.8 Å². The van der Waals surface area contributed by atoms with Gasteiger partial charge in [-0.1, -0.05) is 0 Å². The molecular formula is C5H9Cl2NO2. The van der Waals surface area contributed by atoms with E-state index in [0.29, 0.717) is 13.0 Å². The van der Waals surface area contributed by atoms with Crippen LogP contribution in [0.4, 0.5) is 0 Å². The number of hydrogen-bond acceptors (Lipinski definition) is 2. The van der Waals surface area contributed by atoms with Crippen LogP contribution in [0.5, 0.6) is 0 Å². The van der Waals surface area contributed by atoms with E-state index in [9.17, 15) is 9.59 Å². The zero-order valence-electron chi connectivity index (χ0n) is 5.25. The first-order valence-electron chi connectivity index (χ1n) is 2.62. The average Bonchev–Trinajstić information content (AvgIpc) is 1.77. The van der Waals surface area contributed by atoms with Crippen molar-refractivity contribution in [2.75, 3.05) is 6.54 Å². The summed E-state index contributed by atoms with van der Waals surface area (Å²) in [5.74, 6) is -0.701. The van der Waals surface area contributed by atoms with Crippen molar-refractivity contribution < 1.29 is 9.59 Å². The van der Waals surface area contributed by atoms with Gasteiger partial charge in [-0.2, -0.15) is 0 Å². The summed E-state index contributed by atoms with van der Waals surface area (Å²) in [6, 6.07) is 0. The van der Waals surface area contributed by atoms with Gasteiger partial charge in [0.05, 0.1) is 0 Å². The number of halogens is 2. The quantitative estimate of drug-likeness (QED) is 0.553. The summed E-state index contributed by atoms with van der Waals surface area (Å²) < 4.78 is 0. The fourth-order valence-corrected chi connectivity index (χ4v) is 0.663. The van der Waals surface area contributed by atoms with Gasteiger partial charge in [0, 0.05) is 13.0 Å². The van der Waals surface area contributed by atoms with E-state index in [1.165, 1.54) is 0 Å². The van der Waals surface area contributed by atoms with Crippen molar-refractivity contribution in [1.82, 2.24) is 5.32 Å². The molecule has 0 aromatic carbocycles. The first-order valence-corrected chi connectivity index (χ1v) is 2.62. The highest BCUT2D eigenvalue weighted by Gasteiger charge is 2.16. The van der Waals surface area contributed by atoms with Gasteiger partial charge in [-0.15, -0.1) is 24.8 Å². The average molecular weight is 186 g/mol. The van der Waals surface area contributed by atoms with Crippen LogP contribution in [-0.2, 0) is 9.59 Å². The Morgan fingerprint density at radius 3 is 2.10 bits per heavy atom. The van der Waals surface area contributed by atoms with Crippen molar-refractivity contribution in [3.63, 3.8) is 0 Å². The Bertz CT molecular complexity index is 122. The largest absolute Gasteiger partial charge is 0.349 e. The number of carbonyl (C=O) groups excluding carboxylic acids is 2. The monoisotopic (exact) mass is 185 g/mol. The lowest BCUT2D eigenvalue weighted by atomic mass is 10.1. The van der Waals surface area contributed by atoms with E-state index >= 15 is 0 Å². The van der Waals surface area contributed by atoms with Crippen LogP contribution in [0.25, 0.3) is 0 Å². The van der Waals surface area contributed by atoms with Gasteiger partial charge in [0.2, 0.25) is 5.78 Å². The van der Waals surface area contributed by atoms with Gasteiger partial charge >= 0.3 is 0 Å². The van der Waals surface area contributed by atoms with Gasteiger partial charge < -0.3 is 5.32 Å². The van der Waals surface area contributed by atoms with Crippen LogP contribution >= 0.6 is 24.8 Å². The van der Waals surface area contributed by atoms with E-state index in [-0.39, 0.29) is 30.6 Å². The van der Waals surface area contributed by atoms with Gasteiger partial charge in [-0.05, 0) is 6.42 Å². The van der Waals surface area contributed by atoms with E-state index in [2.05, 4.69) is 5.32 Å². The first-order chi connectivity index (χ1) is 3.80. The molecule has 1 rings (SSSR count). The topological polar surface area (TPSA) is 46.2 Å². The predicted octanol–water partition coefficient (Wildman–Crippen LogP) is 0.309. The van der Waals surface area contributed by atoms with E-state index in [0.717, 1.165) is 6.42 Å². The fraction of sp³-hybridized carbons (Fsp3) is 0.600. The highest BCUT2D eigenvalue weighted by molar-refractivity contribution is 6.36. The summed E-state index contributed by atoms with van der Waals surface area (Å²) >= 11 is 0. The third-order valence-electron chi connectivity index (χ3n) is 1.12. The summed E-state index contributed by atoms with van der Waals surface area (Å²) in [6.45, 7) is 0.657. The molecule has 0 aromatic rings. The van der Waals surface area contributed by atoms with Gasteiger partial charge in [-0.3, -0.25) is 9.59 Å². The van der Waals surface area contributed by atoms with Crippen LogP contribution in [0.2, 0.25) is 0 Å². The minimum atomic E-state index is -0.420. The minimum absolute atomic E-state index is 0. The van der Waals surface area contributed by atoms with Gasteiger partial charge in [0.1, 0.15) is 0 Å². The molecule has 1 heterocycles. The normalized spacial score (nSPS) is 16.4. The highest BCUT2D eigenvalue weighted by Crippen LogP contribution is 1.94. The maximum atomic E-state index is 10.4. The number of ketones is 1. The molecule has 0 aromatic heterocycles. The lowest BCUT2D eigenvalue weighted by Gasteiger charge is -2.07. The molecular weight excluding hydrogens is 177 g/mol. The molecule has 0 unspecified atom stereocenters. The molecule has 1 N–H and O–H groups in total. The molecule has 3 nitrogen and oxygen atoms in total. The Labute approximate surface area is 71.4 Å². The van der Waals surface area contributed by atoms with Crippen LogP contribution in [-0.4, -0.2) is 18.2 Å². The van der Waals surface area contributed by atoms with E-state index in [4.69, 9.17) is 0 Å². The molecule has 0 radical (unpaired) electrons. The summed E-state index contributed by atoms with van der Waals surface area (Å²) in [5.41, 5.74) is 0. The lowest BCUT2D eigenvalue weighted by molar-refractivity contribution is -0.139. The number of amides is 1. The Kier molecular flexibility index (Phi) is 6.82. The molecule has 10 heavy (non-hydrogen) atoms. The summed E-state index contributed by atoms with van der Waals surface area (Å²) in [7, 11) is 0. The molecule has 1 fully saturated rings. The molecule has 0 aliphatic carbocycles. The zero-order chi connectivity index (χ0) is 5.98. The number of Topliss-reactive ketones (excluding diaryl/α,β-unsaturated/α-hetero) is 1. The molecule has 5 heteroatoms. The highest BCUT2D eigenvalue weighted by atomic mass is 35.5. The number of piperidine rings is 1. The first kappa shape index (κ1) is 12.4. The maximum Gasteiger partial charge on any atom is 0.287 e. The molecule has 1 amide bonds. The molecule has 60 valence electrons. The van der Waals surface area contributed by atoms with Crippen LogP contribution < -0.4 is 5.32 Å². The molecule has 0 spiro atoms.